The second-order valence-corrected chi connectivity index (χ2v) is 6.54. The summed E-state index contributed by atoms with van der Waals surface area (Å²) in [6.45, 7) is 5.01. The van der Waals surface area contributed by atoms with Crippen molar-refractivity contribution in [2.24, 2.45) is 11.7 Å². The highest BCUT2D eigenvalue weighted by Crippen LogP contribution is 2.19. The highest BCUT2D eigenvalue weighted by atomic mass is 32.1. The van der Waals surface area contributed by atoms with Gasteiger partial charge in [0.05, 0.1) is 11.4 Å². The van der Waals surface area contributed by atoms with Gasteiger partial charge in [0.15, 0.2) is 0 Å². The Labute approximate surface area is 130 Å². The average molecular weight is 305 g/mol. The number of urea groups is 1. The first-order chi connectivity index (χ1) is 10.1. The van der Waals surface area contributed by atoms with Gasteiger partial charge < -0.3 is 15.5 Å². The monoisotopic (exact) mass is 305 g/mol. The fraction of sp³-hybridized carbons (Fsp3) is 0.562. The van der Waals surface area contributed by atoms with Crippen LogP contribution in [0, 0.1) is 17.8 Å². The van der Waals surface area contributed by atoms with Crippen LogP contribution in [0.5, 0.6) is 0 Å². The van der Waals surface area contributed by atoms with E-state index in [1.54, 1.807) is 16.2 Å². The van der Waals surface area contributed by atoms with Gasteiger partial charge >= 0.3 is 6.03 Å². The fourth-order valence-electron chi connectivity index (χ4n) is 2.44. The van der Waals surface area contributed by atoms with Crippen LogP contribution in [0.1, 0.15) is 30.2 Å². The second-order valence-electron chi connectivity index (χ2n) is 5.63. The lowest BCUT2D eigenvalue weighted by molar-refractivity contribution is 0.141. The first kappa shape index (κ1) is 15.9. The van der Waals surface area contributed by atoms with Crippen LogP contribution in [0.4, 0.5) is 4.79 Å². The minimum Gasteiger partial charge on any atom is -0.325 e. The van der Waals surface area contributed by atoms with Gasteiger partial charge in [-0.25, -0.2) is 4.79 Å². The van der Waals surface area contributed by atoms with E-state index in [9.17, 15) is 4.79 Å². The molecule has 1 fully saturated rings. The summed E-state index contributed by atoms with van der Waals surface area (Å²) >= 11 is 1.60. The molecular weight excluding hydrogens is 282 g/mol. The van der Waals surface area contributed by atoms with E-state index in [0.29, 0.717) is 13.1 Å². The molecule has 2 amide bonds. The number of carbonyl (C=O) groups is 1. The van der Waals surface area contributed by atoms with Gasteiger partial charge in [-0.1, -0.05) is 18.8 Å². The molecule has 0 atom stereocenters. The quantitative estimate of drug-likeness (QED) is 0.853. The number of nitrogens with two attached hydrogens (primary N) is 1. The number of hydrogen-bond donors (Lipinski definition) is 1. The molecule has 1 aromatic rings. The number of piperidine rings is 1. The Morgan fingerprint density at radius 1 is 1.52 bits per heavy atom. The van der Waals surface area contributed by atoms with Crippen LogP contribution in [0.3, 0.4) is 0 Å². The van der Waals surface area contributed by atoms with Crippen LogP contribution < -0.4 is 5.73 Å². The highest BCUT2D eigenvalue weighted by Gasteiger charge is 2.22. The summed E-state index contributed by atoms with van der Waals surface area (Å²) in [4.78, 5) is 17.2. The first-order valence-corrected chi connectivity index (χ1v) is 8.24. The van der Waals surface area contributed by atoms with Gasteiger partial charge in [0.25, 0.3) is 0 Å². The van der Waals surface area contributed by atoms with E-state index >= 15 is 0 Å². The third kappa shape index (κ3) is 4.48. The molecule has 1 saturated heterocycles. The van der Waals surface area contributed by atoms with Gasteiger partial charge in [0, 0.05) is 26.7 Å². The van der Waals surface area contributed by atoms with Crippen molar-refractivity contribution in [3.05, 3.63) is 21.9 Å². The zero-order chi connectivity index (χ0) is 15.2. The molecule has 0 saturated carbocycles. The number of hydrogen-bond acceptors (Lipinski definition) is 3. The van der Waals surface area contributed by atoms with Crippen molar-refractivity contribution in [1.29, 1.82) is 0 Å². The maximum atomic E-state index is 12.4. The zero-order valence-electron chi connectivity index (χ0n) is 12.8. The molecule has 2 heterocycles. The summed E-state index contributed by atoms with van der Waals surface area (Å²) in [7, 11) is 1.86. The minimum absolute atomic E-state index is 0.127. The van der Waals surface area contributed by atoms with Crippen molar-refractivity contribution >= 4 is 17.4 Å². The number of nitrogens with zero attached hydrogens (tertiary/aromatic N) is 2. The lowest BCUT2D eigenvalue weighted by atomic mass is 10.00. The number of amides is 2. The molecule has 0 spiro atoms. The number of rotatable bonds is 2. The topological polar surface area (TPSA) is 49.6 Å². The van der Waals surface area contributed by atoms with Crippen molar-refractivity contribution in [3.8, 4) is 11.8 Å². The van der Waals surface area contributed by atoms with E-state index in [0.717, 1.165) is 42.3 Å². The number of likely N-dealkylation sites (tertiary alicyclic amines) is 1. The normalized spacial score (nSPS) is 15.5. The molecule has 2 rings (SSSR count). The largest absolute Gasteiger partial charge is 0.325 e. The Hall–Kier alpha value is -1.51. The Morgan fingerprint density at radius 3 is 2.90 bits per heavy atom. The van der Waals surface area contributed by atoms with Crippen molar-refractivity contribution in [2.45, 2.75) is 26.3 Å². The van der Waals surface area contributed by atoms with E-state index in [-0.39, 0.29) is 6.03 Å². The van der Waals surface area contributed by atoms with Crippen LogP contribution in [-0.4, -0.2) is 42.5 Å². The molecule has 0 aliphatic carbocycles. The molecule has 1 aromatic heterocycles. The summed E-state index contributed by atoms with van der Waals surface area (Å²) in [5.41, 5.74) is 6.50. The third-order valence-electron chi connectivity index (χ3n) is 3.77. The molecule has 1 aliphatic heterocycles. The zero-order valence-corrected chi connectivity index (χ0v) is 13.6. The summed E-state index contributed by atoms with van der Waals surface area (Å²) in [6, 6.07) is 2.16. The Morgan fingerprint density at radius 2 is 2.24 bits per heavy atom. The van der Waals surface area contributed by atoms with Crippen molar-refractivity contribution in [2.75, 3.05) is 26.7 Å². The maximum Gasteiger partial charge on any atom is 0.320 e. The molecule has 2 N–H and O–H groups in total. The second kappa shape index (κ2) is 7.48. The van der Waals surface area contributed by atoms with Crippen LogP contribution in [0.25, 0.3) is 0 Å². The minimum atomic E-state index is 0.127. The van der Waals surface area contributed by atoms with E-state index in [2.05, 4.69) is 24.1 Å². The van der Waals surface area contributed by atoms with Gasteiger partial charge in [-0.15, -0.1) is 11.3 Å². The van der Waals surface area contributed by atoms with Crippen LogP contribution in [0.2, 0.25) is 0 Å². The standard InChI is InChI=1S/C16H23N3OS/c1-13-5-8-19(9-6-13)16(20)18(2)11-14-10-15(21-12-14)4-3-7-17/h10,12-13H,5-9,11,17H2,1-2H3. The van der Waals surface area contributed by atoms with Crippen molar-refractivity contribution in [3.63, 3.8) is 0 Å². The van der Waals surface area contributed by atoms with Gasteiger partial charge in [-0.3, -0.25) is 0 Å². The van der Waals surface area contributed by atoms with Crippen LogP contribution in [0.15, 0.2) is 11.4 Å². The van der Waals surface area contributed by atoms with E-state index in [1.165, 1.54) is 0 Å². The smallest absolute Gasteiger partial charge is 0.320 e. The van der Waals surface area contributed by atoms with E-state index in [1.807, 2.05) is 18.0 Å². The van der Waals surface area contributed by atoms with E-state index < -0.39 is 0 Å². The molecule has 114 valence electrons. The SMILES string of the molecule is CC1CCN(C(=O)N(C)Cc2csc(C#CCN)c2)CC1. The molecule has 0 unspecified atom stereocenters. The lowest BCUT2D eigenvalue weighted by Gasteiger charge is -2.33. The van der Waals surface area contributed by atoms with Gasteiger partial charge in [0.1, 0.15) is 0 Å². The Bertz CT molecular complexity index is 535. The van der Waals surface area contributed by atoms with Crippen LogP contribution >= 0.6 is 11.3 Å². The average Bonchev–Trinajstić information content (AvgIpc) is 2.92. The summed E-state index contributed by atoms with van der Waals surface area (Å²) in [5, 5.41) is 2.06. The molecule has 0 aromatic carbocycles. The first-order valence-electron chi connectivity index (χ1n) is 7.36. The fourth-order valence-corrected chi connectivity index (χ4v) is 3.22. The highest BCUT2D eigenvalue weighted by molar-refractivity contribution is 7.10. The van der Waals surface area contributed by atoms with Gasteiger partial charge in [0.2, 0.25) is 0 Å². The maximum absolute atomic E-state index is 12.4. The Balaban J connectivity index is 1.89. The summed E-state index contributed by atoms with van der Waals surface area (Å²) in [5.74, 6) is 6.61. The Kier molecular flexibility index (Phi) is 5.66. The summed E-state index contributed by atoms with van der Waals surface area (Å²) in [6.07, 6.45) is 2.22. The third-order valence-corrected chi connectivity index (χ3v) is 4.66. The lowest BCUT2D eigenvalue weighted by Crippen LogP contribution is -2.44. The summed E-state index contributed by atoms with van der Waals surface area (Å²) < 4.78 is 0. The molecule has 5 heteroatoms. The predicted octanol–water partition coefficient (Wildman–Crippen LogP) is 2.34. The molecule has 0 radical (unpaired) electrons. The number of thiophene rings is 1. The van der Waals surface area contributed by atoms with E-state index in [4.69, 9.17) is 5.73 Å². The van der Waals surface area contributed by atoms with Gasteiger partial charge in [-0.2, -0.15) is 0 Å². The predicted molar refractivity (Wildman–Crippen MR) is 87.1 cm³/mol. The molecule has 0 bridgehead atoms. The van der Waals surface area contributed by atoms with Crippen molar-refractivity contribution in [1.82, 2.24) is 9.80 Å². The molecule has 4 nitrogen and oxygen atoms in total. The van der Waals surface area contributed by atoms with Crippen molar-refractivity contribution < 1.29 is 4.79 Å². The van der Waals surface area contributed by atoms with Crippen LogP contribution in [-0.2, 0) is 6.54 Å². The molecular formula is C16H23N3OS. The van der Waals surface area contributed by atoms with Gasteiger partial charge in [-0.05, 0) is 35.8 Å². The number of carbonyl (C=O) groups excluding carboxylic acids is 1. The molecule has 21 heavy (non-hydrogen) atoms. The molecule has 1 aliphatic rings.